The van der Waals surface area contributed by atoms with Gasteiger partial charge in [0.1, 0.15) is 5.54 Å². The monoisotopic (exact) mass is 316 g/mol. The quantitative estimate of drug-likeness (QED) is 0.926. The van der Waals surface area contributed by atoms with Crippen LogP contribution >= 0.6 is 0 Å². The fourth-order valence-corrected chi connectivity index (χ4v) is 4.27. The van der Waals surface area contributed by atoms with Gasteiger partial charge in [-0.3, -0.25) is 9.69 Å². The molecule has 3 rings (SSSR count). The smallest absolute Gasteiger partial charge is 0.243 e. The average Bonchev–Trinajstić information content (AvgIpc) is 2.92. The van der Waals surface area contributed by atoms with Crippen molar-refractivity contribution in [3.05, 3.63) is 34.9 Å². The molecule has 1 spiro atoms. The number of benzene rings is 1. The molecule has 1 atom stereocenters. The van der Waals surface area contributed by atoms with Gasteiger partial charge >= 0.3 is 0 Å². The molecule has 2 saturated heterocycles. The highest BCUT2D eigenvalue weighted by atomic mass is 16.3. The number of likely N-dealkylation sites (tertiary alicyclic amines) is 2. The number of aliphatic hydroxyl groups is 1. The van der Waals surface area contributed by atoms with Gasteiger partial charge < -0.3 is 10.0 Å². The highest BCUT2D eigenvalue weighted by molar-refractivity contribution is 5.87. The summed E-state index contributed by atoms with van der Waals surface area (Å²) in [7, 11) is 0. The van der Waals surface area contributed by atoms with E-state index >= 15 is 0 Å². The summed E-state index contributed by atoms with van der Waals surface area (Å²) >= 11 is 0. The van der Waals surface area contributed by atoms with Gasteiger partial charge in [0.2, 0.25) is 5.91 Å². The molecule has 0 saturated carbocycles. The predicted molar refractivity (Wildman–Crippen MR) is 91.2 cm³/mol. The topological polar surface area (TPSA) is 43.8 Å². The lowest BCUT2D eigenvalue weighted by Gasteiger charge is -2.44. The van der Waals surface area contributed by atoms with Crippen LogP contribution in [0.5, 0.6) is 0 Å². The van der Waals surface area contributed by atoms with E-state index in [1.807, 2.05) is 4.90 Å². The number of carbonyl (C=O) groups excluding carboxylic acids is 1. The van der Waals surface area contributed by atoms with Crippen LogP contribution in [0.1, 0.15) is 42.4 Å². The molecule has 0 aromatic heterocycles. The van der Waals surface area contributed by atoms with E-state index in [0.717, 1.165) is 45.3 Å². The molecule has 4 nitrogen and oxygen atoms in total. The number of hydrogen-bond acceptors (Lipinski definition) is 3. The summed E-state index contributed by atoms with van der Waals surface area (Å²) in [6.45, 7) is 7.43. The van der Waals surface area contributed by atoms with E-state index < -0.39 is 0 Å². The van der Waals surface area contributed by atoms with Crippen LogP contribution in [0.15, 0.2) is 18.2 Å². The number of aryl methyl sites for hydroxylation is 2. The van der Waals surface area contributed by atoms with Gasteiger partial charge in [0.15, 0.2) is 0 Å². The van der Waals surface area contributed by atoms with E-state index in [4.69, 9.17) is 0 Å². The second kappa shape index (κ2) is 6.62. The summed E-state index contributed by atoms with van der Waals surface area (Å²) in [5.41, 5.74) is 3.58. The summed E-state index contributed by atoms with van der Waals surface area (Å²) in [6, 6.07) is 6.57. The molecule has 1 N–H and O–H groups in total. The normalized spacial score (nSPS) is 25.5. The number of amides is 1. The lowest BCUT2D eigenvalue weighted by Crippen LogP contribution is -2.60. The van der Waals surface area contributed by atoms with Gasteiger partial charge in [0.05, 0.1) is 6.61 Å². The molecule has 0 bridgehead atoms. The Kier molecular flexibility index (Phi) is 4.74. The van der Waals surface area contributed by atoms with Crippen molar-refractivity contribution >= 4 is 5.91 Å². The fourth-order valence-electron chi connectivity index (χ4n) is 4.27. The van der Waals surface area contributed by atoms with Gasteiger partial charge in [-0.1, -0.05) is 23.8 Å². The Hall–Kier alpha value is -1.39. The van der Waals surface area contributed by atoms with Gasteiger partial charge in [-0.15, -0.1) is 0 Å². The Morgan fingerprint density at radius 3 is 2.65 bits per heavy atom. The van der Waals surface area contributed by atoms with Crippen LogP contribution in [0.4, 0.5) is 0 Å². The molecule has 1 aromatic rings. The Bertz CT molecular complexity index is 585. The highest BCUT2D eigenvalue weighted by Crippen LogP contribution is 2.39. The zero-order chi connectivity index (χ0) is 16.4. The van der Waals surface area contributed by atoms with Crippen molar-refractivity contribution in [2.45, 2.75) is 51.6 Å². The fraction of sp³-hybridized carbons (Fsp3) is 0.632. The zero-order valence-electron chi connectivity index (χ0n) is 14.3. The van der Waals surface area contributed by atoms with E-state index in [1.54, 1.807) is 0 Å². The number of hydrogen-bond donors (Lipinski definition) is 1. The standard InChI is InChI=1S/C19H28N2O2/c1-15-5-6-16(2)17(13-15)14-21-10-4-8-19(21)7-3-9-20(11-12-22)18(19)23/h5-6,13,22H,3-4,7-12,14H2,1-2H3. The molecule has 1 amide bonds. The molecule has 0 aliphatic carbocycles. The Morgan fingerprint density at radius 1 is 1.17 bits per heavy atom. The van der Waals surface area contributed by atoms with Crippen LogP contribution in [-0.4, -0.2) is 52.6 Å². The molecule has 2 heterocycles. The molecule has 1 aromatic carbocycles. The minimum Gasteiger partial charge on any atom is -0.395 e. The molecule has 0 radical (unpaired) electrons. The molecule has 4 heteroatoms. The molecular weight excluding hydrogens is 288 g/mol. The second-order valence-electron chi connectivity index (χ2n) is 7.11. The van der Waals surface area contributed by atoms with E-state index in [1.165, 1.54) is 16.7 Å². The Morgan fingerprint density at radius 2 is 1.91 bits per heavy atom. The third-order valence-electron chi connectivity index (χ3n) is 5.56. The maximum Gasteiger partial charge on any atom is 0.243 e. The third-order valence-corrected chi connectivity index (χ3v) is 5.56. The van der Waals surface area contributed by atoms with E-state index in [-0.39, 0.29) is 18.1 Å². The van der Waals surface area contributed by atoms with E-state index in [9.17, 15) is 9.90 Å². The van der Waals surface area contributed by atoms with Crippen molar-refractivity contribution in [3.63, 3.8) is 0 Å². The first-order chi connectivity index (χ1) is 11.1. The maximum absolute atomic E-state index is 13.1. The van der Waals surface area contributed by atoms with Crippen LogP contribution in [-0.2, 0) is 11.3 Å². The van der Waals surface area contributed by atoms with Crippen LogP contribution in [0, 0.1) is 13.8 Å². The van der Waals surface area contributed by atoms with Gasteiger partial charge in [0, 0.05) is 19.6 Å². The van der Waals surface area contributed by atoms with Crippen molar-refractivity contribution in [2.75, 3.05) is 26.2 Å². The van der Waals surface area contributed by atoms with Crippen molar-refractivity contribution in [1.82, 2.24) is 9.80 Å². The number of aliphatic hydroxyl groups excluding tert-OH is 1. The number of rotatable bonds is 4. The first-order valence-corrected chi connectivity index (χ1v) is 8.78. The summed E-state index contributed by atoms with van der Waals surface area (Å²) in [5.74, 6) is 0.237. The summed E-state index contributed by atoms with van der Waals surface area (Å²) < 4.78 is 0. The van der Waals surface area contributed by atoms with Crippen LogP contribution < -0.4 is 0 Å². The molecule has 2 aliphatic rings. The minimum atomic E-state index is -0.330. The Balaban J connectivity index is 1.84. The first-order valence-electron chi connectivity index (χ1n) is 8.78. The lowest BCUT2D eigenvalue weighted by molar-refractivity contribution is -0.148. The number of nitrogens with zero attached hydrogens (tertiary/aromatic N) is 2. The van der Waals surface area contributed by atoms with Crippen LogP contribution in [0.3, 0.4) is 0 Å². The lowest BCUT2D eigenvalue weighted by atomic mass is 9.85. The number of carbonyl (C=O) groups is 1. The van der Waals surface area contributed by atoms with E-state index in [2.05, 4.69) is 36.9 Å². The molecule has 126 valence electrons. The van der Waals surface area contributed by atoms with Gasteiger partial charge in [-0.25, -0.2) is 0 Å². The minimum absolute atomic E-state index is 0.0544. The van der Waals surface area contributed by atoms with Crippen molar-refractivity contribution in [1.29, 1.82) is 0 Å². The first kappa shape index (κ1) is 16.5. The van der Waals surface area contributed by atoms with Crippen molar-refractivity contribution < 1.29 is 9.90 Å². The van der Waals surface area contributed by atoms with Crippen molar-refractivity contribution in [2.24, 2.45) is 0 Å². The molecule has 23 heavy (non-hydrogen) atoms. The maximum atomic E-state index is 13.1. The summed E-state index contributed by atoms with van der Waals surface area (Å²) in [4.78, 5) is 17.3. The predicted octanol–water partition coefficient (Wildman–Crippen LogP) is 2.25. The number of piperidine rings is 1. The van der Waals surface area contributed by atoms with Gasteiger partial charge in [-0.2, -0.15) is 0 Å². The molecule has 2 fully saturated rings. The average molecular weight is 316 g/mol. The molecular formula is C19H28N2O2. The van der Waals surface area contributed by atoms with Crippen LogP contribution in [0.2, 0.25) is 0 Å². The van der Waals surface area contributed by atoms with E-state index in [0.29, 0.717) is 6.54 Å². The summed E-state index contributed by atoms with van der Waals surface area (Å²) in [5, 5.41) is 9.23. The number of β-amino-alcohol motifs (C(OH)–C–C–N with tert-alkyl or cyclic N) is 1. The third kappa shape index (κ3) is 3.02. The van der Waals surface area contributed by atoms with Gasteiger partial charge in [-0.05, 0) is 57.2 Å². The Labute approximate surface area is 139 Å². The van der Waals surface area contributed by atoms with Crippen LogP contribution in [0.25, 0.3) is 0 Å². The van der Waals surface area contributed by atoms with Gasteiger partial charge in [0.25, 0.3) is 0 Å². The van der Waals surface area contributed by atoms with Crippen molar-refractivity contribution in [3.8, 4) is 0 Å². The zero-order valence-corrected chi connectivity index (χ0v) is 14.3. The second-order valence-corrected chi connectivity index (χ2v) is 7.11. The molecule has 1 unspecified atom stereocenters. The SMILES string of the molecule is Cc1ccc(C)c(CN2CCCC23CCCN(CCO)C3=O)c1. The molecule has 2 aliphatic heterocycles. The highest BCUT2D eigenvalue weighted by Gasteiger charge is 2.50. The summed E-state index contributed by atoms with van der Waals surface area (Å²) in [6.07, 6.45) is 4.04. The largest absolute Gasteiger partial charge is 0.395 e.